The van der Waals surface area contributed by atoms with Crippen molar-refractivity contribution in [3.05, 3.63) is 72.3 Å². The molecule has 3 aromatic rings. The lowest BCUT2D eigenvalue weighted by Gasteiger charge is -2.17. The molecule has 148 valence electrons. The zero-order valence-corrected chi connectivity index (χ0v) is 16.0. The molecule has 0 atom stereocenters. The molecule has 0 aliphatic rings. The van der Waals surface area contributed by atoms with E-state index < -0.39 is 11.4 Å². The fourth-order valence-corrected chi connectivity index (χ4v) is 2.58. The number of aliphatic carboxylic acids is 1. The van der Waals surface area contributed by atoms with Crippen LogP contribution in [0, 0.1) is 11.2 Å². The van der Waals surface area contributed by atoms with Crippen molar-refractivity contribution in [1.82, 2.24) is 9.97 Å². The van der Waals surface area contributed by atoms with Crippen LogP contribution in [-0.4, -0.2) is 26.8 Å². The number of hydrogen-bond acceptors (Lipinski definition) is 5. The summed E-state index contributed by atoms with van der Waals surface area (Å²) in [5.74, 6) is -1.49. The molecule has 7 heteroatoms. The van der Waals surface area contributed by atoms with E-state index in [0.29, 0.717) is 11.6 Å². The minimum Gasteiger partial charge on any atom is -0.481 e. The Hall–Kier alpha value is -3.61. The molecule has 0 radical (unpaired) electrons. The summed E-state index contributed by atoms with van der Waals surface area (Å²) in [5.41, 5.74) is 1.50. The fraction of sp³-hybridized carbons (Fsp3) is 0.182. The molecule has 6 nitrogen and oxygen atoms in total. The number of carboxylic acids is 1. The third-order valence-corrected chi connectivity index (χ3v) is 4.62. The van der Waals surface area contributed by atoms with Gasteiger partial charge >= 0.3 is 5.97 Å². The van der Waals surface area contributed by atoms with Gasteiger partial charge in [0, 0.05) is 30.1 Å². The highest BCUT2D eigenvalue weighted by Crippen LogP contribution is 2.23. The summed E-state index contributed by atoms with van der Waals surface area (Å²) in [6.07, 6.45) is 3.33. The van der Waals surface area contributed by atoms with Gasteiger partial charge in [0.15, 0.2) is 5.78 Å². The van der Waals surface area contributed by atoms with Crippen LogP contribution in [0.2, 0.25) is 0 Å². The van der Waals surface area contributed by atoms with Crippen LogP contribution < -0.4 is 5.32 Å². The number of hydrogen-bond donors (Lipinski definition) is 2. The number of benzene rings is 2. The third-order valence-electron chi connectivity index (χ3n) is 4.62. The summed E-state index contributed by atoms with van der Waals surface area (Å²) in [7, 11) is 0. The van der Waals surface area contributed by atoms with Gasteiger partial charge in [-0.2, -0.15) is 0 Å². The van der Waals surface area contributed by atoms with E-state index in [2.05, 4.69) is 15.3 Å². The zero-order valence-electron chi connectivity index (χ0n) is 16.0. The molecule has 2 aromatic carbocycles. The van der Waals surface area contributed by atoms with Gasteiger partial charge < -0.3 is 10.4 Å². The average Bonchev–Trinajstić information content (AvgIpc) is 2.69. The summed E-state index contributed by atoms with van der Waals surface area (Å²) in [6.45, 7) is 2.81. The Kier molecular flexibility index (Phi) is 5.68. The lowest BCUT2D eigenvalue weighted by atomic mass is 9.85. The molecule has 0 aliphatic carbocycles. The molecule has 2 N–H and O–H groups in total. The first-order valence-electron chi connectivity index (χ1n) is 8.96. The summed E-state index contributed by atoms with van der Waals surface area (Å²) < 4.78 is 13.2. The Balaban J connectivity index is 1.68. The second kappa shape index (κ2) is 8.18. The van der Waals surface area contributed by atoms with Crippen molar-refractivity contribution in [1.29, 1.82) is 0 Å². The SMILES string of the molecule is CC(C)(C(=O)O)C(=O)Cc1ccc(-c2cnc(Nc3cccc(F)c3)nc2)cc1. The van der Waals surface area contributed by atoms with Crippen LogP contribution in [0.15, 0.2) is 60.9 Å². The fourth-order valence-electron chi connectivity index (χ4n) is 2.58. The van der Waals surface area contributed by atoms with Gasteiger partial charge in [0.05, 0.1) is 0 Å². The molecule has 0 bridgehead atoms. The molecule has 0 aliphatic heterocycles. The molecule has 0 unspecified atom stereocenters. The molecule has 1 heterocycles. The first kappa shape index (κ1) is 20.1. The highest BCUT2D eigenvalue weighted by Gasteiger charge is 2.35. The van der Waals surface area contributed by atoms with E-state index in [1.54, 1.807) is 36.7 Å². The predicted molar refractivity (Wildman–Crippen MR) is 107 cm³/mol. The van der Waals surface area contributed by atoms with Crippen LogP contribution in [-0.2, 0) is 16.0 Å². The zero-order chi connectivity index (χ0) is 21.0. The van der Waals surface area contributed by atoms with Crippen molar-refractivity contribution in [3.8, 4) is 11.1 Å². The molecular weight excluding hydrogens is 373 g/mol. The summed E-state index contributed by atoms with van der Waals surface area (Å²) >= 11 is 0. The Morgan fingerprint density at radius 2 is 1.69 bits per heavy atom. The Labute approximate surface area is 167 Å². The van der Waals surface area contributed by atoms with Crippen LogP contribution in [0.3, 0.4) is 0 Å². The van der Waals surface area contributed by atoms with Gasteiger partial charge in [-0.3, -0.25) is 9.59 Å². The van der Waals surface area contributed by atoms with E-state index in [0.717, 1.165) is 16.7 Å². The van der Waals surface area contributed by atoms with E-state index >= 15 is 0 Å². The van der Waals surface area contributed by atoms with Gasteiger partial charge in [-0.1, -0.05) is 30.3 Å². The smallest absolute Gasteiger partial charge is 0.316 e. The molecular formula is C22H20FN3O3. The predicted octanol–water partition coefficient (Wildman–Crippen LogP) is 4.25. The van der Waals surface area contributed by atoms with Crippen LogP contribution in [0.4, 0.5) is 16.0 Å². The topological polar surface area (TPSA) is 92.2 Å². The Morgan fingerprint density at radius 1 is 1.03 bits per heavy atom. The van der Waals surface area contributed by atoms with E-state index in [9.17, 15) is 14.0 Å². The van der Waals surface area contributed by atoms with Gasteiger partial charge in [-0.05, 0) is 43.2 Å². The van der Waals surface area contributed by atoms with Crippen molar-refractivity contribution < 1.29 is 19.1 Å². The number of nitrogens with one attached hydrogen (secondary N) is 1. The summed E-state index contributed by atoms with van der Waals surface area (Å²) in [6, 6.07) is 13.2. The summed E-state index contributed by atoms with van der Waals surface area (Å²) in [4.78, 5) is 31.9. The monoisotopic (exact) mass is 393 g/mol. The second-order valence-corrected chi connectivity index (χ2v) is 7.16. The van der Waals surface area contributed by atoms with Gasteiger partial charge in [0.2, 0.25) is 5.95 Å². The molecule has 3 rings (SSSR count). The molecule has 0 amide bonds. The Morgan fingerprint density at radius 3 is 2.28 bits per heavy atom. The highest BCUT2D eigenvalue weighted by atomic mass is 19.1. The number of aromatic nitrogens is 2. The van der Waals surface area contributed by atoms with Crippen molar-refractivity contribution in [2.45, 2.75) is 20.3 Å². The second-order valence-electron chi connectivity index (χ2n) is 7.16. The first-order chi connectivity index (χ1) is 13.8. The van der Waals surface area contributed by atoms with E-state index in [1.807, 2.05) is 12.1 Å². The quantitative estimate of drug-likeness (QED) is 0.583. The normalized spacial score (nSPS) is 11.1. The largest absolute Gasteiger partial charge is 0.481 e. The molecule has 0 saturated heterocycles. The van der Waals surface area contributed by atoms with Gasteiger partial charge in [0.25, 0.3) is 0 Å². The average molecular weight is 393 g/mol. The van der Waals surface area contributed by atoms with Crippen molar-refractivity contribution in [2.24, 2.45) is 5.41 Å². The van der Waals surface area contributed by atoms with Crippen LogP contribution in [0.25, 0.3) is 11.1 Å². The molecule has 0 saturated carbocycles. The third kappa shape index (κ3) is 4.82. The number of anilines is 2. The van der Waals surface area contributed by atoms with E-state index in [4.69, 9.17) is 5.11 Å². The standard InChI is InChI=1S/C22H20FN3O3/c1-22(2,20(28)29)19(27)10-14-6-8-15(9-7-14)16-12-24-21(25-13-16)26-18-5-3-4-17(23)11-18/h3-9,11-13H,10H2,1-2H3,(H,28,29)(H,24,25,26). The number of Topliss-reactive ketones (excluding diaryl/α,β-unsaturated/α-hetero) is 1. The number of halogens is 1. The van der Waals surface area contributed by atoms with E-state index in [1.165, 1.54) is 26.0 Å². The van der Waals surface area contributed by atoms with Crippen molar-refractivity contribution in [3.63, 3.8) is 0 Å². The number of ketones is 1. The molecule has 1 aromatic heterocycles. The maximum atomic E-state index is 13.2. The lowest BCUT2D eigenvalue weighted by molar-refractivity contribution is -0.152. The molecule has 29 heavy (non-hydrogen) atoms. The van der Waals surface area contributed by atoms with Crippen LogP contribution >= 0.6 is 0 Å². The molecule has 0 spiro atoms. The molecule has 0 fully saturated rings. The minimum absolute atomic E-state index is 0.0482. The van der Waals surface area contributed by atoms with Crippen LogP contribution in [0.5, 0.6) is 0 Å². The number of carbonyl (C=O) groups is 2. The minimum atomic E-state index is -1.42. The van der Waals surface area contributed by atoms with Crippen LogP contribution in [0.1, 0.15) is 19.4 Å². The maximum Gasteiger partial charge on any atom is 0.316 e. The Bertz CT molecular complexity index is 1030. The van der Waals surface area contributed by atoms with E-state index in [-0.39, 0.29) is 18.0 Å². The maximum absolute atomic E-state index is 13.2. The number of carbonyl (C=O) groups excluding carboxylic acids is 1. The highest BCUT2D eigenvalue weighted by molar-refractivity contribution is 6.03. The van der Waals surface area contributed by atoms with Crippen molar-refractivity contribution >= 4 is 23.4 Å². The summed E-state index contributed by atoms with van der Waals surface area (Å²) in [5, 5.41) is 12.1. The lowest BCUT2D eigenvalue weighted by Crippen LogP contribution is -2.34. The van der Waals surface area contributed by atoms with Gasteiger partial charge in [-0.15, -0.1) is 0 Å². The van der Waals surface area contributed by atoms with Crippen molar-refractivity contribution in [2.75, 3.05) is 5.32 Å². The first-order valence-corrected chi connectivity index (χ1v) is 8.96. The van der Waals surface area contributed by atoms with Gasteiger partial charge in [-0.25, -0.2) is 14.4 Å². The number of carboxylic acid groups (broad SMARTS) is 1. The van der Waals surface area contributed by atoms with Gasteiger partial charge in [0.1, 0.15) is 11.2 Å². The number of rotatable bonds is 7. The number of nitrogens with zero attached hydrogens (tertiary/aromatic N) is 2.